The number of carbonyl (C=O) groups is 1. The van der Waals surface area contributed by atoms with Gasteiger partial charge in [0.2, 0.25) is 0 Å². The van der Waals surface area contributed by atoms with Gasteiger partial charge in [0.15, 0.2) is 0 Å². The van der Waals surface area contributed by atoms with Gasteiger partial charge in [-0.2, -0.15) is 0 Å². The standard InChI is InChI=1S/C17H13ClN2O2/c18-15-4-1-11(2-5-15)7-12-3-6-16-13(8-12)9-14(10-19-16)17(21)20-22/h1-6,8-10,22H,7H2,(H,20,21). The average Bonchev–Trinajstić information content (AvgIpc) is 2.55. The molecule has 2 N–H and O–H groups in total. The Morgan fingerprint density at radius 3 is 2.55 bits per heavy atom. The maximum absolute atomic E-state index is 11.5. The molecule has 0 aliphatic carbocycles. The summed E-state index contributed by atoms with van der Waals surface area (Å²) in [6.45, 7) is 0. The number of hydrogen-bond acceptors (Lipinski definition) is 3. The molecule has 1 amide bonds. The van der Waals surface area contributed by atoms with Crippen molar-refractivity contribution in [1.82, 2.24) is 10.5 Å². The van der Waals surface area contributed by atoms with Gasteiger partial charge in [-0.15, -0.1) is 0 Å². The van der Waals surface area contributed by atoms with Crippen LogP contribution in [-0.4, -0.2) is 16.1 Å². The topological polar surface area (TPSA) is 62.2 Å². The highest BCUT2D eigenvalue weighted by Gasteiger charge is 2.06. The van der Waals surface area contributed by atoms with Crippen LogP contribution >= 0.6 is 11.6 Å². The van der Waals surface area contributed by atoms with Crippen LogP contribution in [-0.2, 0) is 6.42 Å². The Hall–Kier alpha value is -2.43. The molecular weight excluding hydrogens is 300 g/mol. The van der Waals surface area contributed by atoms with Crippen LogP contribution in [0.3, 0.4) is 0 Å². The third kappa shape index (κ3) is 3.08. The van der Waals surface area contributed by atoms with Crippen molar-refractivity contribution in [2.45, 2.75) is 6.42 Å². The molecule has 0 fully saturated rings. The van der Waals surface area contributed by atoms with Gasteiger partial charge >= 0.3 is 0 Å². The Kier molecular flexibility index (Phi) is 4.04. The smallest absolute Gasteiger partial charge is 0.276 e. The third-order valence-electron chi connectivity index (χ3n) is 3.43. The molecule has 0 aliphatic heterocycles. The second kappa shape index (κ2) is 6.13. The van der Waals surface area contributed by atoms with E-state index in [4.69, 9.17) is 16.8 Å². The van der Waals surface area contributed by atoms with Crippen LogP contribution in [0.1, 0.15) is 21.5 Å². The lowest BCUT2D eigenvalue weighted by molar-refractivity contribution is 0.0706. The fourth-order valence-electron chi connectivity index (χ4n) is 2.32. The molecule has 3 aromatic rings. The van der Waals surface area contributed by atoms with Gasteiger partial charge in [-0.05, 0) is 47.9 Å². The molecule has 0 saturated heterocycles. The first-order valence-corrected chi connectivity index (χ1v) is 7.11. The zero-order valence-electron chi connectivity index (χ0n) is 11.6. The molecule has 5 heteroatoms. The Labute approximate surface area is 132 Å². The molecule has 1 heterocycles. The maximum atomic E-state index is 11.5. The van der Waals surface area contributed by atoms with Crippen molar-refractivity contribution in [2.75, 3.05) is 0 Å². The first-order valence-electron chi connectivity index (χ1n) is 6.73. The van der Waals surface area contributed by atoms with Gasteiger partial charge in [-0.3, -0.25) is 15.0 Å². The Balaban J connectivity index is 1.93. The zero-order valence-corrected chi connectivity index (χ0v) is 12.3. The number of halogens is 1. The number of nitrogens with zero attached hydrogens (tertiary/aromatic N) is 1. The van der Waals surface area contributed by atoms with Crippen molar-refractivity contribution in [3.05, 3.63) is 76.4 Å². The van der Waals surface area contributed by atoms with Gasteiger partial charge in [-0.1, -0.05) is 29.8 Å². The number of aromatic nitrogens is 1. The summed E-state index contributed by atoms with van der Waals surface area (Å²) in [4.78, 5) is 15.7. The summed E-state index contributed by atoms with van der Waals surface area (Å²) in [6.07, 6.45) is 2.20. The van der Waals surface area contributed by atoms with Gasteiger partial charge in [0, 0.05) is 16.6 Å². The Morgan fingerprint density at radius 2 is 1.82 bits per heavy atom. The first kappa shape index (κ1) is 14.5. The minimum absolute atomic E-state index is 0.318. The quantitative estimate of drug-likeness (QED) is 0.574. The van der Waals surface area contributed by atoms with E-state index in [1.807, 2.05) is 42.5 Å². The summed E-state index contributed by atoms with van der Waals surface area (Å²) >= 11 is 5.89. The highest BCUT2D eigenvalue weighted by atomic mass is 35.5. The molecule has 110 valence electrons. The molecular formula is C17H13ClN2O2. The highest BCUT2D eigenvalue weighted by molar-refractivity contribution is 6.30. The van der Waals surface area contributed by atoms with Crippen LogP contribution < -0.4 is 5.48 Å². The van der Waals surface area contributed by atoms with E-state index >= 15 is 0 Å². The van der Waals surface area contributed by atoms with E-state index < -0.39 is 5.91 Å². The minimum atomic E-state index is -0.572. The number of benzene rings is 2. The summed E-state index contributed by atoms with van der Waals surface area (Å²) in [7, 11) is 0. The van der Waals surface area contributed by atoms with E-state index in [0.717, 1.165) is 28.5 Å². The van der Waals surface area contributed by atoms with E-state index in [1.54, 1.807) is 11.5 Å². The average molecular weight is 313 g/mol. The van der Waals surface area contributed by atoms with Crippen molar-refractivity contribution in [3.8, 4) is 0 Å². The summed E-state index contributed by atoms with van der Waals surface area (Å²) in [6, 6.07) is 15.3. The van der Waals surface area contributed by atoms with Crippen LogP contribution in [0.5, 0.6) is 0 Å². The molecule has 1 aromatic heterocycles. The summed E-state index contributed by atoms with van der Waals surface area (Å²) < 4.78 is 0. The van der Waals surface area contributed by atoms with Crippen molar-refractivity contribution in [3.63, 3.8) is 0 Å². The van der Waals surface area contributed by atoms with Gasteiger partial charge in [0.1, 0.15) is 0 Å². The SMILES string of the molecule is O=C(NO)c1cnc2ccc(Cc3ccc(Cl)cc3)cc2c1. The first-order chi connectivity index (χ1) is 10.7. The minimum Gasteiger partial charge on any atom is -0.288 e. The highest BCUT2D eigenvalue weighted by Crippen LogP contribution is 2.19. The number of nitrogens with one attached hydrogen (secondary N) is 1. The fourth-order valence-corrected chi connectivity index (χ4v) is 2.44. The Bertz CT molecular complexity index is 832. The molecule has 0 radical (unpaired) electrons. The number of fused-ring (bicyclic) bond motifs is 1. The predicted molar refractivity (Wildman–Crippen MR) is 85.3 cm³/mol. The number of hydroxylamine groups is 1. The van der Waals surface area contributed by atoms with E-state index in [0.29, 0.717) is 10.6 Å². The van der Waals surface area contributed by atoms with Crippen LogP contribution in [0.4, 0.5) is 0 Å². The summed E-state index contributed by atoms with van der Waals surface area (Å²) in [5.41, 5.74) is 5.00. The van der Waals surface area contributed by atoms with Crippen molar-refractivity contribution in [2.24, 2.45) is 0 Å². The van der Waals surface area contributed by atoms with E-state index in [1.165, 1.54) is 6.20 Å². The number of rotatable bonds is 3. The molecule has 0 atom stereocenters. The second-order valence-corrected chi connectivity index (χ2v) is 5.43. The summed E-state index contributed by atoms with van der Waals surface area (Å²) in [5, 5.41) is 10.3. The number of pyridine rings is 1. The van der Waals surface area contributed by atoms with E-state index in [9.17, 15) is 4.79 Å². The van der Waals surface area contributed by atoms with Gasteiger partial charge < -0.3 is 0 Å². The molecule has 0 unspecified atom stereocenters. The van der Waals surface area contributed by atoms with Crippen molar-refractivity contribution < 1.29 is 10.0 Å². The fraction of sp³-hybridized carbons (Fsp3) is 0.0588. The van der Waals surface area contributed by atoms with E-state index in [-0.39, 0.29) is 0 Å². The number of amides is 1. The van der Waals surface area contributed by atoms with Crippen LogP contribution in [0.25, 0.3) is 10.9 Å². The van der Waals surface area contributed by atoms with Crippen LogP contribution in [0.15, 0.2) is 54.7 Å². The molecule has 22 heavy (non-hydrogen) atoms. The van der Waals surface area contributed by atoms with Gasteiger partial charge in [0.25, 0.3) is 5.91 Å². The maximum Gasteiger partial charge on any atom is 0.276 e. The van der Waals surface area contributed by atoms with Crippen LogP contribution in [0, 0.1) is 0 Å². The van der Waals surface area contributed by atoms with Gasteiger partial charge in [-0.25, -0.2) is 5.48 Å². The Morgan fingerprint density at radius 1 is 1.09 bits per heavy atom. The molecule has 3 rings (SSSR count). The lowest BCUT2D eigenvalue weighted by Crippen LogP contribution is -2.18. The largest absolute Gasteiger partial charge is 0.288 e. The zero-order chi connectivity index (χ0) is 15.5. The lowest BCUT2D eigenvalue weighted by atomic mass is 10.0. The van der Waals surface area contributed by atoms with Crippen molar-refractivity contribution in [1.29, 1.82) is 0 Å². The number of carbonyl (C=O) groups excluding carboxylic acids is 1. The lowest BCUT2D eigenvalue weighted by Gasteiger charge is -2.06. The molecule has 0 aliphatic rings. The normalized spacial score (nSPS) is 10.6. The van der Waals surface area contributed by atoms with Crippen molar-refractivity contribution >= 4 is 28.4 Å². The molecule has 0 saturated carbocycles. The van der Waals surface area contributed by atoms with Gasteiger partial charge in [0.05, 0.1) is 11.1 Å². The molecule has 4 nitrogen and oxygen atoms in total. The van der Waals surface area contributed by atoms with Crippen LogP contribution in [0.2, 0.25) is 5.02 Å². The second-order valence-electron chi connectivity index (χ2n) is 5.00. The molecule has 0 bridgehead atoms. The summed E-state index contributed by atoms with van der Waals surface area (Å²) in [5.74, 6) is -0.572. The molecule has 2 aromatic carbocycles. The molecule has 0 spiro atoms. The monoisotopic (exact) mass is 312 g/mol. The number of hydrogen-bond donors (Lipinski definition) is 2. The predicted octanol–water partition coefficient (Wildman–Crippen LogP) is 3.60. The third-order valence-corrected chi connectivity index (χ3v) is 3.68. The van der Waals surface area contributed by atoms with E-state index in [2.05, 4.69) is 4.98 Å².